The topological polar surface area (TPSA) is 51.2 Å². The molecule has 2 atom stereocenters. The number of carbonyl (C=O) groups is 1. The summed E-state index contributed by atoms with van der Waals surface area (Å²) in [6.45, 7) is 3.76. The van der Waals surface area contributed by atoms with Gasteiger partial charge in [-0.15, -0.1) is 0 Å². The summed E-state index contributed by atoms with van der Waals surface area (Å²) in [7, 11) is 1.52. The molecule has 1 aromatic carbocycles. The summed E-state index contributed by atoms with van der Waals surface area (Å²) in [5.41, 5.74) is 2.98. The van der Waals surface area contributed by atoms with Gasteiger partial charge in [0.25, 0.3) is 0 Å². The van der Waals surface area contributed by atoms with Gasteiger partial charge < -0.3 is 10.1 Å². The Morgan fingerprint density at radius 2 is 1.90 bits per heavy atom. The Kier molecular flexibility index (Phi) is 5.06. The first-order valence-corrected chi connectivity index (χ1v) is 6.92. The van der Waals surface area contributed by atoms with Crippen LogP contribution < -0.4 is 5.32 Å². The van der Waals surface area contributed by atoms with Gasteiger partial charge in [-0.2, -0.15) is 0 Å². The Morgan fingerprint density at radius 1 is 1.19 bits per heavy atom. The minimum atomic E-state index is -0.498. The summed E-state index contributed by atoms with van der Waals surface area (Å²) in [6.07, 6.45) is 1.23. The van der Waals surface area contributed by atoms with E-state index in [0.29, 0.717) is 0 Å². The molecule has 1 aromatic heterocycles. The van der Waals surface area contributed by atoms with E-state index in [-0.39, 0.29) is 11.9 Å². The van der Waals surface area contributed by atoms with Crippen LogP contribution in [0.15, 0.2) is 48.7 Å². The number of nitrogens with one attached hydrogen (secondary N) is 1. The predicted molar refractivity (Wildman–Crippen MR) is 81.9 cm³/mol. The number of ether oxygens (including phenoxy) is 1. The molecule has 0 radical (unpaired) electrons. The maximum Gasteiger partial charge on any atom is 0.249 e. The van der Waals surface area contributed by atoms with E-state index in [0.717, 1.165) is 11.3 Å². The molecule has 0 aliphatic carbocycles. The van der Waals surface area contributed by atoms with Crippen molar-refractivity contribution in [2.24, 2.45) is 0 Å². The molecule has 2 unspecified atom stereocenters. The number of amides is 1. The average Bonchev–Trinajstić information content (AvgIpc) is 2.53. The molecule has 21 heavy (non-hydrogen) atoms. The second-order valence-electron chi connectivity index (χ2n) is 4.98. The van der Waals surface area contributed by atoms with Crippen LogP contribution >= 0.6 is 0 Å². The van der Waals surface area contributed by atoms with Gasteiger partial charge in [-0.1, -0.05) is 35.9 Å². The van der Waals surface area contributed by atoms with E-state index in [1.807, 2.05) is 49.4 Å². The van der Waals surface area contributed by atoms with Crippen LogP contribution in [0.4, 0.5) is 0 Å². The molecule has 110 valence electrons. The van der Waals surface area contributed by atoms with E-state index in [1.54, 1.807) is 13.1 Å². The smallest absolute Gasteiger partial charge is 0.249 e. The van der Waals surface area contributed by atoms with Crippen molar-refractivity contribution in [1.29, 1.82) is 0 Å². The van der Waals surface area contributed by atoms with Crippen molar-refractivity contribution in [2.75, 3.05) is 7.11 Å². The number of benzene rings is 1. The number of aryl methyl sites for hydroxylation is 1. The standard InChI is InChI=1S/C17H20N2O2/c1-12-7-9-14(10-8-12)16(15-6-4-5-11-18-15)19-17(20)13(2)21-3/h4-11,13,16H,1-3H3,(H,19,20). The quantitative estimate of drug-likeness (QED) is 0.918. The molecule has 0 fully saturated rings. The van der Waals surface area contributed by atoms with E-state index in [9.17, 15) is 4.79 Å². The number of rotatable bonds is 5. The number of hydrogen-bond acceptors (Lipinski definition) is 3. The molecule has 0 saturated heterocycles. The van der Waals surface area contributed by atoms with Gasteiger partial charge in [0.15, 0.2) is 0 Å². The monoisotopic (exact) mass is 284 g/mol. The number of pyridine rings is 1. The number of nitrogens with zero attached hydrogens (tertiary/aromatic N) is 1. The summed E-state index contributed by atoms with van der Waals surface area (Å²) >= 11 is 0. The van der Waals surface area contributed by atoms with E-state index in [1.165, 1.54) is 12.7 Å². The van der Waals surface area contributed by atoms with Gasteiger partial charge in [-0.25, -0.2) is 0 Å². The SMILES string of the molecule is COC(C)C(=O)NC(c1ccc(C)cc1)c1ccccn1. The van der Waals surface area contributed by atoms with Gasteiger partial charge in [0, 0.05) is 13.3 Å². The van der Waals surface area contributed by atoms with Gasteiger partial charge in [0.05, 0.1) is 11.7 Å². The minimum absolute atomic E-state index is 0.159. The first-order valence-electron chi connectivity index (χ1n) is 6.92. The van der Waals surface area contributed by atoms with Crippen molar-refractivity contribution in [3.8, 4) is 0 Å². The van der Waals surface area contributed by atoms with Crippen LogP contribution in [0, 0.1) is 6.92 Å². The summed E-state index contributed by atoms with van der Waals surface area (Å²) in [4.78, 5) is 16.5. The highest BCUT2D eigenvalue weighted by Crippen LogP contribution is 2.21. The predicted octanol–water partition coefficient (Wildman–Crippen LogP) is 2.63. The maximum atomic E-state index is 12.1. The van der Waals surface area contributed by atoms with Gasteiger partial charge in [0.2, 0.25) is 5.91 Å². The molecule has 2 aromatic rings. The van der Waals surface area contributed by atoms with Gasteiger partial charge in [-0.3, -0.25) is 9.78 Å². The van der Waals surface area contributed by atoms with Gasteiger partial charge >= 0.3 is 0 Å². The average molecular weight is 284 g/mol. The van der Waals surface area contributed by atoms with Gasteiger partial charge in [0.1, 0.15) is 6.10 Å². The summed E-state index contributed by atoms with van der Waals surface area (Å²) in [5.74, 6) is -0.159. The van der Waals surface area contributed by atoms with Gasteiger partial charge in [-0.05, 0) is 31.5 Å². The van der Waals surface area contributed by atoms with Crippen LogP contribution in [0.25, 0.3) is 0 Å². The van der Waals surface area contributed by atoms with Crippen molar-refractivity contribution < 1.29 is 9.53 Å². The van der Waals surface area contributed by atoms with E-state index < -0.39 is 6.10 Å². The molecule has 1 heterocycles. The maximum absolute atomic E-state index is 12.1. The van der Waals surface area contributed by atoms with Crippen LogP contribution in [0.1, 0.15) is 29.8 Å². The van der Waals surface area contributed by atoms with Crippen molar-refractivity contribution in [2.45, 2.75) is 26.0 Å². The molecule has 2 rings (SSSR count). The van der Waals surface area contributed by atoms with Crippen LogP contribution in [0.3, 0.4) is 0 Å². The van der Waals surface area contributed by atoms with Crippen LogP contribution in [-0.2, 0) is 9.53 Å². The third-order valence-electron chi connectivity index (χ3n) is 3.40. The first-order chi connectivity index (χ1) is 10.1. The lowest BCUT2D eigenvalue weighted by molar-refractivity contribution is -0.130. The summed E-state index contributed by atoms with van der Waals surface area (Å²) in [5, 5.41) is 2.99. The summed E-state index contributed by atoms with van der Waals surface area (Å²) in [6, 6.07) is 13.5. The molecule has 0 aliphatic rings. The molecular formula is C17H20N2O2. The second-order valence-corrected chi connectivity index (χ2v) is 4.98. The molecule has 0 aliphatic heterocycles. The number of hydrogen-bond donors (Lipinski definition) is 1. The highest BCUT2D eigenvalue weighted by Gasteiger charge is 2.21. The zero-order valence-corrected chi connectivity index (χ0v) is 12.5. The van der Waals surface area contributed by atoms with E-state index in [2.05, 4.69) is 10.3 Å². The molecule has 4 heteroatoms. The Bertz CT molecular complexity index is 581. The Balaban J connectivity index is 2.31. The molecule has 1 amide bonds. The molecule has 0 saturated carbocycles. The normalized spacial score (nSPS) is 13.5. The Labute approximate surface area is 125 Å². The highest BCUT2D eigenvalue weighted by atomic mass is 16.5. The fourth-order valence-corrected chi connectivity index (χ4v) is 2.00. The van der Waals surface area contributed by atoms with Crippen molar-refractivity contribution in [1.82, 2.24) is 10.3 Å². The fraction of sp³-hybridized carbons (Fsp3) is 0.294. The third kappa shape index (κ3) is 3.89. The van der Waals surface area contributed by atoms with Crippen molar-refractivity contribution in [3.05, 3.63) is 65.5 Å². The number of carbonyl (C=O) groups excluding carboxylic acids is 1. The molecule has 0 bridgehead atoms. The van der Waals surface area contributed by atoms with E-state index in [4.69, 9.17) is 4.74 Å². The Hall–Kier alpha value is -2.20. The zero-order chi connectivity index (χ0) is 15.2. The minimum Gasteiger partial charge on any atom is -0.372 e. The zero-order valence-electron chi connectivity index (χ0n) is 12.5. The lowest BCUT2D eigenvalue weighted by Gasteiger charge is -2.21. The lowest BCUT2D eigenvalue weighted by Crippen LogP contribution is -2.37. The fourth-order valence-electron chi connectivity index (χ4n) is 2.00. The summed E-state index contributed by atoms with van der Waals surface area (Å²) < 4.78 is 5.07. The largest absolute Gasteiger partial charge is 0.372 e. The molecule has 0 spiro atoms. The molecular weight excluding hydrogens is 264 g/mol. The van der Waals surface area contributed by atoms with Crippen LogP contribution in [0.5, 0.6) is 0 Å². The second kappa shape index (κ2) is 6.99. The highest BCUT2D eigenvalue weighted by molar-refractivity contribution is 5.81. The Morgan fingerprint density at radius 3 is 2.48 bits per heavy atom. The first kappa shape index (κ1) is 15.2. The van der Waals surface area contributed by atoms with Crippen LogP contribution in [0.2, 0.25) is 0 Å². The van der Waals surface area contributed by atoms with E-state index >= 15 is 0 Å². The molecule has 1 N–H and O–H groups in total. The number of methoxy groups -OCH3 is 1. The van der Waals surface area contributed by atoms with Crippen LogP contribution in [-0.4, -0.2) is 24.1 Å². The third-order valence-corrected chi connectivity index (χ3v) is 3.40. The lowest BCUT2D eigenvalue weighted by atomic mass is 10.0. The number of aromatic nitrogens is 1. The molecule has 4 nitrogen and oxygen atoms in total. The van der Waals surface area contributed by atoms with Crippen molar-refractivity contribution in [3.63, 3.8) is 0 Å². The van der Waals surface area contributed by atoms with Crippen molar-refractivity contribution >= 4 is 5.91 Å².